The second kappa shape index (κ2) is 5.12. The van der Waals surface area contributed by atoms with Gasteiger partial charge in [-0.3, -0.25) is 0 Å². The minimum absolute atomic E-state index is 0.605. The van der Waals surface area contributed by atoms with Gasteiger partial charge in [0, 0.05) is 12.1 Å². The summed E-state index contributed by atoms with van der Waals surface area (Å²) in [5.74, 6) is 0.605. The number of hydrogen-bond donors (Lipinski definition) is 1. The maximum atomic E-state index is 5.64. The van der Waals surface area contributed by atoms with Gasteiger partial charge >= 0.3 is 0 Å². The maximum absolute atomic E-state index is 5.64. The van der Waals surface area contributed by atoms with Gasteiger partial charge < -0.3 is 10.5 Å². The summed E-state index contributed by atoms with van der Waals surface area (Å²) in [5, 5.41) is 0. The van der Waals surface area contributed by atoms with Crippen LogP contribution in [0.25, 0.3) is 0 Å². The summed E-state index contributed by atoms with van der Waals surface area (Å²) in [6, 6.07) is 7.77. The standard InChI is InChI=1S/C12H15NO/c1-3-10(2)14-8-7-11-5-4-6-12(13)9-11/h3-6,9H,1-2,7-8,13H2. The highest BCUT2D eigenvalue weighted by molar-refractivity contribution is 5.40. The molecule has 2 N–H and O–H groups in total. The number of anilines is 1. The molecule has 0 heterocycles. The smallest absolute Gasteiger partial charge is 0.111 e. The van der Waals surface area contributed by atoms with E-state index in [1.807, 2.05) is 24.3 Å². The number of allylic oxidation sites excluding steroid dienone is 1. The van der Waals surface area contributed by atoms with Crippen LogP contribution in [-0.4, -0.2) is 6.61 Å². The van der Waals surface area contributed by atoms with Crippen LogP contribution >= 0.6 is 0 Å². The molecule has 14 heavy (non-hydrogen) atoms. The first-order valence-corrected chi connectivity index (χ1v) is 4.51. The number of nitrogens with two attached hydrogens (primary N) is 1. The van der Waals surface area contributed by atoms with Crippen LogP contribution in [0.5, 0.6) is 0 Å². The first-order chi connectivity index (χ1) is 6.72. The van der Waals surface area contributed by atoms with Crippen LogP contribution in [0.4, 0.5) is 5.69 Å². The Morgan fingerprint density at radius 1 is 1.50 bits per heavy atom. The summed E-state index contributed by atoms with van der Waals surface area (Å²) in [6.07, 6.45) is 2.43. The third-order valence-electron chi connectivity index (χ3n) is 1.86. The highest BCUT2D eigenvalue weighted by atomic mass is 16.5. The van der Waals surface area contributed by atoms with Crippen molar-refractivity contribution in [3.8, 4) is 0 Å². The van der Waals surface area contributed by atoms with Crippen molar-refractivity contribution < 1.29 is 4.74 Å². The molecule has 0 saturated heterocycles. The van der Waals surface area contributed by atoms with Gasteiger partial charge in [0.1, 0.15) is 5.76 Å². The molecule has 2 heteroatoms. The molecule has 0 amide bonds. The predicted octanol–water partition coefficient (Wildman–Crippen LogP) is 2.53. The highest BCUT2D eigenvalue weighted by Crippen LogP contribution is 2.07. The average molecular weight is 189 g/mol. The van der Waals surface area contributed by atoms with Crippen molar-refractivity contribution in [2.45, 2.75) is 6.42 Å². The van der Waals surface area contributed by atoms with Crippen LogP contribution in [0.1, 0.15) is 5.56 Å². The lowest BCUT2D eigenvalue weighted by molar-refractivity contribution is 0.230. The molecular formula is C12H15NO. The van der Waals surface area contributed by atoms with Gasteiger partial charge in [-0.15, -0.1) is 0 Å². The van der Waals surface area contributed by atoms with Gasteiger partial charge in [0.25, 0.3) is 0 Å². The maximum Gasteiger partial charge on any atom is 0.111 e. The SMILES string of the molecule is C=CC(=C)OCCc1cccc(N)c1. The second-order valence-corrected chi connectivity index (χ2v) is 3.01. The summed E-state index contributed by atoms with van der Waals surface area (Å²) in [7, 11) is 0. The molecule has 0 saturated carbocycles. The predicted molar refractivity (Wildman–Crippen MR) is 59.8 cm³/mol. The van der Waals surface area contributed by atoms with E-state index in [0.717, 1.165) is 12.1 Å². The molecule has 0 radical (unpaired) electrons. The molecule has 0 aliphatic heterocycles. The Hall–Kier alpha value is -1.70. The van der Waals surface area contributed by atoms with E-state index in [9.17, 15) is 0 Å². The van der Waals surface area contributed by atoms with Crippen LogP contribution in [0.3, 0.4) is 0 Å². The highest BCUT2D eigenvalue weighted by Gasteiger charge is 1.94. The Morgan fingerprint density at radius 3 is 2.93 bits per heavy atom. The zero-order valence-corrected chi connectivity index (χ0v) is 8.20. The van der Waals surface area contributed by atoms with E-state index in [0.29, 0.717) is 12.4 Å². The van der Waals surface area contributed by atoms with E-state index in [4.69, 9.17) is 10.5 Å². The second-order valence-electron chi connectivity index (χ2n) is 3.01. The molecule has 2 nitrogen and oxygen atoms in total. The molecule has 0 fully saturated rings. The first kappa shape index (κ1) is 10.4. The summed E-state index contributed by atoms with van der Waals surface area (Å²) in [4.78, 5) is 0. The molecule has 0 aromatic heterocycles. The van der Waals surface area contributed by atoms with Gasteiger partial charge in [0.05, 0.1) is 6.61 Å². The molecule has 0 aliphatic carbocycles. The van der Waals surface area contributed by atoms with E-state index in [1.54, 1.807) is 6.08 Å². The van der Waals surface area contributed by atoms with Crippen molar-refractivity contribution in [3.05, 3.63) is 54.8 Å². The monoisotopic (exact) mass is 189 g/mol. The number of benzene rings is 1. The Balaban J connectivity index is 2.38. The van der Waals surface area contributed by atoms with Gasteiger partial charge in [0.15, 0.2) is 0 Å². The summed E-state index contributed by atoms with van der Waals surface area (Å²) >= 11 is 0. The average Bonchev–Trinajstić information content (AvgIpc) is 2.17. The van der Waals surface area contributed by atoms with Crippen LogP contribution in [0, 0.1) is 0 Å². The Labute approximate surface area is 84.7 Å². The van der Waals surface area contributed by atoms with Gasteiger partial charge in [0.2, 0.25) is 0 Å². The first-order valence-electron chi connectivity index (χ1n) is 4.51. The number of ether oxygens (including phenoxy) is 1. The van der Waals surface area contributed by atoms with Gasteiger partial charge in [-0.05, 0) is 23.8 Å². The lowest BCUT2D eigenvalue weighted by Crippen LogP contribution is -1.97. The largest absolute Gasteiger partial charge is 0.494 e. The van der Waals surface area contributed by atoms with E-state index in [-0.39, 0.29) is 0 Å². The molecule has 0 bridgehead atoms. The van der Waals surface area contributed by atoms with Crippen LogP contribution < -0.4 is 5.73 Å². The van der Waals surface area contributed by atoms with Crippen LogP contribution in [0.15, 0.2) is 49.3 Å². The fourth-order valence-corrected chi connectivity index (χ4v) is 1.11. The van der Waals surface area contributed by atoms with Crippen molar-refractivity contribution in [2.75, 3.05) is 12.3 Å². The molecular weight excluding hydrogens is 174 g/mol. The molecule has 1 aromatic carbocycles. The van der Waals surface area contributed by atoms with Gasteiger partial charge in [-0.2, -0.15) is 0 Å². The Kier molecular flexibility index (Phi) is 3.80. The summed E-state index contributed by atoms with van der Waals surface area (Å²) in [6.45, 7) is 7.82. The fraction of sp³-hybridized carbons (Fsp3) is 0.167. The molecule has 0 spiro atoms. The van der Waals surface area contributed by atoms with Crippen molar-refractivity contribution in [1.29, 1.82) is 0 Å². The molecule has 0 atom stereocenters. The lowest BCUT2D eigenvalue weighted by atomic mass is 10.1. The Bertz CT molecular complexity index is 331. The minimum atomic E-state index is 0.605. The number of hydrogen-bond acceptors (Lipinski definition) is 2. The quantitative estimate of drug-likeness (QED) is 0.439. The van der Waals surface area contributed by atoms with Gasteiger partial charge in [-0.1, -0.05) is 25.3 Å². The molecule has 1 aromatic rings. The van der Waals surface area contributed by atoms with Crippen LogP contribution in [-0.2, 0) is 11.2 Å². The third-order valence-corrected chi connectivity index (χ3v) is 1.86. The fourth-order valence-electron chi connectivity index (χ4n) is 1.11. The Morgan fingerprint density at radius 2 is 2.29 bits per heavy atom. The van der Waals surface area contributed by atoms with E-state index < -0.39 is 0 Å². The molecule has 0 unspecified atom stereocenters. The van der Waals surface area contributed by atoms with Crippen molar-refractivity contribution in [1.82, 2.24) is 0 Å². The minimum Gasteiger partial charge on any atom is -0.494 e. The number of rotatable bonds is 5. The number of nitrogen functional groups attached to an aromatic ring is 1. The summed E-state index contributed by atoms with van der Waals surface area (Å²) < 4.78 is 5.28. The summed E-state index contributed by atoms with van der Waals surface area (Å²) in [5.41, 5.74) is 7.59. The third kappa shape index (κ3) is 3.35. The lowest BCUT2D eigenvalue weighted by Gasteiger charge is -2.05. The molecule has 74 valence electrons. The van der Waals surface area contributed by atoms with E-state index >= 15 is 0 Å². The normalized spacial score (nSPS) is 9.43. The van der Waals surface area contributed by atoms with Crippen molar-refractivity contribution in [3.63, 3.8) is 0 Å². The van der Waals surface area contributed by atoms with Crippen LogP contribution in [0.2, 0.25) is 0 Å². The molecule has 0 aliphatic rings. The van der Waals surface area contributed by atoms with Crippen molar-refractivity contribution >= 4 is 5.69 Å². The zero-order chi connectivity index (χ0) is 10.4. The van der Waals surface area contributed by atoms with Gasteiger partial charge in [-0.25, -0.2) is 0 Å². The van der Waals surface area contributed by atoms with Crippen molar-refractivity contribution in [2.24, 2.45) is 0 Å². The molecule has 1 rings (SSSR count). The van der Waals surface area contributed by atoms with E-state index in [1.165, 1.54) is 5.56 Å². The van der Waals surface area contributed by atoms with E-state index in [2.05, 4.69) is 13.2 Å². The zero-order valence-electron chi connectivity index (χ0n) is 8.20. The topological polar surface area (TPSA) is 35.2 Å².